The third kappa shape index (κ3) is 4.62. The van der Waals surface area contributed by atoms with Crippen molar-refractivity contribution in [1.82, 2.24) is 15.2 Å². The van der Waals surface area contributed by atoms with Crippen LogP contribution in [-0.2, 0) is 11.3 Å². The summed E-state index contributed by atoms with van der Waals surface area (Å²) in [5.74, 6) is -1.01. The van der Waals surface area contributed by atoms with Crippen molar-refractivity contribution in [1.29, 1.82) is 0 Å². The van der Waals surface area contributed by atoms with Gasteiger partial charge in [-0.15, -0.1) is 11.3 Å². The van der Waals surface area contributed by atoms with Crippen molar-refractivity contribution < 1.29 is 14.3 Å². The smallest absolute Gasteiger partial charge is 0.317 e. The number of halogens is 1. The molecule has 0 aliphatic heterocycles. The molecule has 0 bridgehead atoms. The van der Waals surface area contributed by atoms with Crippen LogP contribution in [0.3, 0.4) is 0 Å². The van der Waals surface area contributed by atoms with Crippen LogP contribution in [0.1, 0.15) is 25.5 Å². The molecule has 3 rings (SSSR count). The Hall–Kier alpha value is -1.83. The molecule has 134 valence electrons. The number of carboxylic acid groups (broad SMARTS) is 1. The minimum absolute atomic E-state index is 0.112. The highest BCUT2D eigenvalue weighted by Crippen LogP contribution is 2.27. The minimum atomic E-state index is -0.769. The molecular weight excluding hydrogens is 341 g/mol. The third-order valence-corrected chi connectivity index (χ3v) is 5.53. The van der Waals surface area contributed by atoms with Crippen molar-refractivity contribution in [3.8, 4) is 10.6 Å². The van der Waals surface area contributed by atoms with Crippen LogP contribution in [-0.4, -0.2) is 46.1 Å². The van der Waals surface area contributed by atoms with Crippen LogP contribution in [0.5, 0.6) is 0 Å². The van der Waals surface area contributed by atoms with Gasteiger partial charge in [0.25, 0.3) is 0 Å². The Balaban J connectivity index is 1.46. The number of carboxylic acids is 1. The van der Waals surface area contributed by atoms with Crippen LogP contribution in [0, 0.1) is 5.82 Å². The van der Waals surface area contributed by atoms with Gasteiger partial charge in [0, 0.05) is 29.6 Å². The SMILES string of the molecule is CCN(CC(=O)O)C1CC(NCc2csc(-c3ccc(F)cc3)n2)C1. The summed E-state index contributed by atoms with van der Waals surface area (Å²) in [5.41, 5.74) is 1.90. The van der Waals surface area contributed by atoms with E-state index in [0.717, 1.165) is 35.7 Å². The van der Waals surface area contributed by atoms with Gasteiger partial charge in [-0.1, -0.05) is 6.92 Å². The van der Waals surface area contributed by atoms with E-state index in [2.05, 4.69) is 10.3 Å². The number of thiazole rings is 1. The maximum Gasteiger partial charge on any atom is 0.317 e. The fraction of sp³-hybridized carbons (Fsp3) is 0.444. The summed E-state index contributed by atoms with van der Waals surface area (Å²) in [6.07, 6.45) is 1.94. The first-order valence-electron chi connectivity index (χ1n) is 8.44. The van der Waals surface area contributed by atoms with Crippen LogP contribution in [0.4, 0.5) is 4.39 Å². The number of hydrogen-bond acceptors (Lipinski definition) is 5. The van der Waals surface area contributed by atoms with Gasteiger partial charge in [-0.2, -0.15) is 0 Å². The van der Waals surface area contributed by atoms with Gasteiger partial charge >= 0.3 is 5.97 Å². The Labute approximate surface area is 150 Å². The first-order valence-corrected chi connectivity index (χ1v) is 9.32. The number of likely N-dealkylation sites (N-methyl/N-ethyl adjacent to an activating group) is 1. The number of aliphatic carboxylic acids is 1. The van der Waals surface area contributed by atoms with Gasteiger partial charge < -0.3 is 10.4 Å². The van der Waals surface area contributed by atoms with E-state index in [0.29, 0.717) is 18.6 Å². The molecule has 2 N–H and O–H groups in total. The molecule has 0 atom stereocenters. The van der Waals surface area contributed by atoms with Crippen LogP contribution in [0.25, 0.3) is 10.6 Å². The summed E-state index contributed by atoms with van der Waals surface area (Å²) in [6, 6.07) is 7.13. The van der Waals surface area contributed by atoms with Crippen LogP contribution >= 0.6 is 11.3 Å². The minimum Gasteiger partial charge on any atom is -0.480 e. The zero-order chi connectivity index (χ0) is 17.8. The Morgan fingerprint density at radius 1 is 1.40 bits per heavy atom. The van der Waals surface area contributed by atoms with E-state index in [1.54, 1.807) is 23.5 Å². The van der Waals surface area contributed by atoms with E-state index in [1.165, 1.54) is 12.1 Å². The van der Waals surface area contributed by atoms with E-state index in [4.69, 9.17) is 5.11 Å². The first kappa shape index (κ1) is 18.0. The molecule has 1 heterocycles. The number of benzene rings is 1. The normalized spacial score (nSPS) is 19.8. The number of nitrogens with one attached hydrogen (secondary N) is 1. The predicted molar refractivity (Wildman–Crippen MR) is 96.0 cm³/mol. The highest BCUT2D eigenvalue weighted by atomic mass is 32.1. The van der Waals surface area contributed by atoms with Crippen molar-refractivity contribution >= 4 is 17.3 Å². The molecule has 1 aromatic heterocycles. The predicted octanol–water partition coefficient (Wildman–Crippen LogP) is 2.98. The largest absolute Gasteiger partial charge is 0.480 e. The molecule has 1 aliphatic rings. The summed E-state index contributed by atoms with van der Waals surface area (Å²) in [4.78, 5) is 17.5. The molecule has 0 spiro atoms. The second-order valence-electron chi connectivity index (χ2n) is 6.31. The highest BCUT2D eigenvalue weighted by Gasteiger charge is 2.33. The summed E-state index contributed by atoms with van der Waals surface area (Å²) in [7, 11) is 0. The lowest BCUT2D eigenvalue weighted by Crippen LogP contribution is -2.53. The monoisotopic (exact) mass is 363 g/mol. The molecule has 25 heavy (non-hydrogen) atoms. The molecule has 5 nitrogen and oxygen atoms in total. The number of nitrogens with zero attached hydrogens (tertiary/aromatic N) is 2. The van der Waals surface area contributed by atoms with Crippen molar-refractivity contribution in [2.24, 2.45) is 0 Å². The Kier molecular flexibility index (Phi) is 5.78. The van der Waals surface area contributed by atoms with E-state index in [9.17, 15) is 9.18 Å². The van der Waals surface area contributed by atoms with Crippen LogP contribution in [0.15, 0.2) is 29.6 Å². The van der Waals surface area contributed by atoms with Crippen molar-refractivity contribution in [2.75, 3.05) is 13.1 Å². The lowest BCUT2D eigenvalue weighted by atomic mass is 9.85. The number of carbonyl (C=O) groups is 1. The Bertz CT molecular complexity index is 713. The molecule has 0 saturated heterocycles. The molecule has 0 amide bonds. The molecule has 1 saturated carbocycles. The molecule has 0 radical (unpaired) electrons. The van der Waals surface area contributed by atoms with Gasteiger partial charge in [-0.3, -0.25) is 9.69 Å². The van der Waals surface area contributed by atoms with Crippen LogP contribution < -0.4 is 5.32 Å². The fourth-order valence-corrected chi connectivity index (χ4v) is 3.91. The molecule has 7 heteroatoms. The lowest BCUT2D eigenvalue weighted by molar-refractivity contribution is -0.139. The average molecular weight is 363 g/mol. The zero-order valence-electron chi connectivity index (χ0n) is 14.1. The van der Waals surface area contributed by atoms with Gasteiger partial charge in [0.15, 0.2) is 0 Å². The van der Waals surface area contributed by atoms with Crippen molar-refractivity contribution in [3.05, 3.63) is 41.2 Å². The van der Waals surface area contributed by atoms with E-state index in [1.807, 2.05) is 17.2 Å². The number of aromatic nitrogens is 1. The number of hydrogen-bond donors (Lipinski definition) is 2. The summed E-state index contributed by atoms with van der Waals surface area (Å²) in [5, 5.41) is 15.3. The maximum absolute atomic E-state index is 13.0. The van der Waals surface area contributed by atoms with Gasteiger partial charge in [0.05, 0.1) is 12.2 Å². The highest BCUT2D eigenvalue weighted by molar-refractivity contribution is 7.13. The number of rotatable bonds is 8. The quantitative estimate of drug-likeness (QED) is 0.755. The average Bonchev–Trinajstić information content (AvgIpc) is 3.01. The maximum atomic E-state index is 13.0. The van der Waals surface area contributed by atoms with E-state index < -0.39 is 5.97 Å². The van der Waals surface area contributed by atoms with Gasteiger partial charge in [0.1, 0.15) is 10.8 Å². The second-order valence-corrected chi connectivity index (χ2v) is 7.17. The van der Waals surface area contributed by atoms with Gasteiger partial charge in [-0.25, -0.2) is 9.37 Å². The zero-order valence-corrected chi connectivity index (χ0v) is 14.9. The standard InChI is InChI=1S/C18H22FN3O2S/c1-2-22(10-17(23)24)16-7-14(8-16)20-9-15-11-25-18(21-15)12-3-5-13(19)6-4-12/h3-6,11,14,16,20H,2,7-10H2,1H3,(H,23,24). The van der Waals surface area contributed by atoms with E-state index >= 15 is 0 Å². The topological polar surface area (TPSA) is 65.5 Å². The van der Waals surface area contributed by atoms with Gasteiger partial charge in [0.2, 0.25) is 0 Å². The lowest BCUT2D eigenvalue weighted by Gasteiger charge is -2.42. The van der Waals surface area contributed by atoms with Crippen molar-refractivity contribution in [2.45, 2.75) is 38.4 Å². The van der Waals surface area contributed by atoms with E-state index in [-0.39, 0.29) is 12.4 Å². The Morgan fingerprint density at radius 3 is 2.76 bits per heavy atom. The summed E-state index contributed by atoms with van der Waals surface area (Å²) < 4.78 is 13.0. The molecule has 1 aliphatic carbocycles. The summed E-state index contributed by atoms with van der Waals surface area (Å²) >= 11 is 1.55. The molecule has 2 aromatic rings. The van der Waals surface area contributed by atoms with Crippen molar-refractivity contribution in [3.63, 3.8) is 0 Å². The Morgan fingerprint density at radius 2 is 2.12 bits per heavy atom. The second kappa shape index (κ2) is 8.03. The third-order valence-electron chi connectivity index (χ3n) is 4.59. The fourth-order valence-electron chi connectivity index (χ4n) is 3.09. The molecular formula is C18H22FN3O2S. The summed E-state index contributed by atoms with van der Waals surface area (Å²) in [6.45, 7) is 3.56. The molecule has 1 fully saturated rings. The van der Waals surface area contributed by atoms with Crippen LogP contribution in [0.2, 0.25) is 0 Å². The van der Waals surface area contributed by atoms with Gasteiger partial charge in [-0.05, 0) is 43.7 Å². The molecule has 1 aromatic carbocycles. The first-order chi connectivity index (χ1) is 12.0. The molecule has 0 unspecified atom stereocenters.